The number of carbonyl (C=O) groups excluding carboxylic acids is 1. The largest absolute Gasteiger partial charge is 0.416 e. The minimum Gasteiger partial charge on any atom is -0.339 e. The SMILES string of the molecule is O=C(Cc1ccc(C(F)(F)F)cc1)N1CCN(c2ncccn2)CC1. The van der Waals surface area contributed by atoms with Crippen LogP contribution in [0.25, 0.3) is 0 Å². The summed E-state index contributed by atoms with van der Waals surface area (Å²) in [6, 6.07) is 6.47. The van der Waals surface area contributed by atoms with Gasteiger partial charge >= 0.3 is 6.18 Å². The standard InChI is InChI=1S/C17H17F3N4O/c18-17(19,20)14-4-2-13(3-5-14)12-15(25)23-8-10-24(11-9-23)16-21-6-1-7-22-16/h1-7H,8-12H2. The first-order valence-corrected chi connectivity index (χ1v) is 7.89. The highest BCUT2D eigenvalue weighted by atomic mass is 19.4. The van der Waals surface area contributed by atoms with E-state index in [4.69, 9.17) is 0 Å². The molecule has 25 heavy (non-hydrogen) atoms. The molecule has 1 fully saturated rings. The van der Waals surface area contributed by atoms with Gasteiger partial charge in [0.05, 0.1) is 12.0 Å². The second kappa shape index (κ2) is 7.08. The van der Waals surface area contributed by atoms with Gasteiger partial charge in [0, 0.05) is 38.6 Å². The molecule has 1 amide bonds. The fourth-order valence-corrected chi connectivity index (χ4v) is 2.71. The molecule has 1 saturated heterocycles. The van der Waals surface area contributed by atoms with Crippen molar-refractivity contribution in [3.63, 3.8) is 0 Å². The number of rotatable bonds is 3. The summed E-state index contributed by atoms with van der Waals surface area (Å²) in [6.07, 6.45) is -0.923. The van der Waals surface area contributed by atoms with E-state index < -0.39 is 11.7 Å². The monoisotopic (exact) mass is 350 g/mol. The van der Waals surface area contributed by atoms with Crippen LogP contribution in [-0.2, 0) is 17.4 Å². The molecule has 132 valence electrons. The summed E-state index contributed by atoms with van der Waals surface area (Å²) in [4.78, 5) is 24.4. The Morgan fingerprint density at radius 1 is 1.00 bits per heavy atom. The molecule has 0 atom stereocenters. The number of hydrogen-bond acceptors (Lipinski definition) is 4. The number of alkyl halides is 3. The Bertz CT molecular complexity index is 711. The van der Waals surface area contributed by atoms with E-state index >= 15 is 0 Å². The number of nitrogens with zero attached hydrogens (tertiary/aromatic N) is 4. The van der Waals surface area contributed by atoms with Crippen molar-refractivity contribution >= 4 is 11.9 Å². The molecule has 2 aromatic rings. The lowest BCUT2D eigenvalue weighted by Crippen LogP contribution is -2.49. The summed E-state index contributed by atoms with van der Waals surface area (Å²) in [5.41, 5.74) is -0.132. The minimum atomic E-state index is -4.36. The summed E-state index contributed by atoms with van der Waals surface area (Å²) < 4.78 is 37.7. The first-order chi connectivity index (χ1) is 11.9. The molecule has 0 aliphatic carbocycles. The van der Waals surface area contributed by atoms with Gasteiger partial charge < -0.3 is 9.80 Å². The zero-order valence-corrected chi connectivity index (χ0v) is 13.4. The third kappa shape index (κ3) is 4.26. The Morgan fingerprint density at radius 2 is 1.60 bits per heavy atom. The van der Waals surface area contributed by atoms with Gasteiger partial charge in [-0.15, -0.1) is 0 Å². The lowest BCUT2D eigenvalue weighted by molar-refractivity contribution is -0.137. The molecule has 2 heterocycles. The van der Waals surface area contributed by atoms with E-state index in [1.54, 1.807) is 23.4 Å². The van der Waals surface area contributed by atoms with Crippen LogP contribution in [0.15, 0.2) is 42.7 Å². The molecule has 0 radical (unpaired) electrons. The summed E-state index contributed by atoms with van der Waals surface area (Å²) in [5.74, 6) is 0.547. The van der Waals surface area contributed by atoms with Crippen molar-refractivity contribution in [2.75, 3.05) is 31.1 Å². The average molecular weight is 350 g/mol. The molecule has 0 bridgehead atoms. The van der Waals surface area contributed by atoms with Gasteiger partial charge in [-0.25, -0.2) is 9.97 Å². The van der Waals surface area contributed by atoms with Crippen molar-refractivity contribution in [1.82, 2.24) is 14.9 Å². The number of amides is 1. The molecular formula is C17H17F3N4O. The molecule has 1 aliphatic heterocycles. The van der Waals surface area contributed by atoms with Crippen LogP contribution in [0.1, 0.15) is 11.1 Å². The molecule has 8 heteroatoms. The Hall–Kier alpha value is -2.64. The molecule has 0 N–H and O–H groups in total. The highest BCUT2D eigenvalue weighted by Crippen LogP contribution is 2.29. The topological polar surface area (TPSA) is 49.3 Å². The quantitative estimate of drug-likeness (QED) is 0.853. The second-order valence-corrected chi connectivity index (χ2v) is 5.79. The van der Waals surface area contributed by atoms with Gasteiger partial charge in [0.25, 0.3) is 0 Å². The van der Waals surface area contributed by atoms with E-state index in [2.05, 4.69) is 9.97 Å². The number of aromatic nitrogens is 2. The van der Waals surface area contributed by atoms with Crippen molar-refractivity contribution in [2.24, 2.45) is 0 Å². The molecule has 3 rings (SSSR count). The van der Waals surface area contributed by atoms with E-state index in [0.717, 1.165) is 12.1 Å². The van der Waals surface area contributed by atoms with E-state index in [1.165, 1.54) is 12.1 Å². The van der Waals surface area contributed by atoms with Crippen LogP contribution >= 0.6 is 0 Å². The lowest BCUT2D eigenvalue weighted by Gasteiger charge is -2.34. The Morgan fingerprint density at radius 3 is 2.16 bits per heavy atom. The molecule has 5 nitrogen and oxygen atoms in total. The van der Waals surface area contributed by atoms with Gasteiger partial charge in [-0.05, 0) is 23.8 Å². The first kappa shape index (κ1) is 17.2. The zero-order chi connectivity index (χ0) is 17.9. The van der Waals surface area contributed by atoms with Crippen LogP contribution in [0.5, 0.6) is 0 Å². The predicted molar refractivity (Wildman–Crippen MR) is 86.0 cm³/mol. The number of benzene rings is 1. The maximum absolute atomic E-state index is 12.6. The normalized spacial score (nSPS) is 15.3. The predicted octanol–water partition coefficient (Wildman–Crippen LogP) is 2.39. The van der Waals surface area contributed by atoms with Gasteiger partial charge in [0.1, 0.15) is 0 Å². The fraction of sp³-hybridized carbons (Fsp3) is 0.353. The number of hydrogen-bond donors (Lipinski definition) is 0. The Balaban J connectivity index is 1.54. The van der Waals surface area contributed by atoms with Gasteiger partial charge in [-0.2, -0.15) is 13.2 Å². The average Bonchev–Trinajstić information content (AvgIpc) is 2.62. The van der Waals surface area contributed by atoms with Crippen molar-refractivity contribution in [2.45, 2.75) is 12.6 Å². The van der Waals surface area contributed by atoms with Crippen molar-refractivity contribution < 1.29 is 18.0 Å². The second-order valence-electron chi connectivity index (χ2n) is 5.79. The Labute approximate surface area is 143 Å². The summed E-state index contributed by atoms with van der Waals surface area (Å²) in [7, 11) is 0. The van der Waals surface area contributed by atoms with Crippen LogP contribution < -0.4 is 4.90 Å². The molecular weight excluding hydrogens is 333 g/mol. The summed E-state index contributed by atoms with van der Waals surface area (Å²) in [6.45, 7) is 2.33. The maximum atomic E-state index is 12.6. The summed E-state index contributed by atoms with van der Waals surface area (Å²) in [5, 5.41) is 0. The number of piperazine rings is 1. The maximum Gasteiger partial charge on any atom is 0.416 e. The van der Waals surface area contributed by atoms with E-state index in [-0.39, 0.29) is 12.3 Å². The minimum absolute atomic E-state index is 0.0895. The highest BCUT2D eigenvalue weighted by Gasteiger charge is 2.30. The number of carbonyl (C=O) groups is 1. The van der Waals surface area contributed by atoms with Gasteiger partial charge in [0.2, 0.25) is 11.9 Å². The van der Waals surface area contributed by atoms with Crippen LogP contribution in [0.4, 0.5) is 19.1 Å². The fourth-order valence-electron chi connectivity index (χ4n) is 2.71. The van der Waals surface area contributed by atoms with Crippen LogP contribution in [0, 0.1) is 0 Å². The van der Waals surface area contributed by atoms with Gasteiger partial charge in [0.15, 0.2) is 0 Å². The van der Waals surface area contributed by atoms with Gasteiger partial charge in [-0.3, -0.25) is 4.79 Å². The van der Waals surface area contributed by atoms with Crippen molar-refractivity contribution in [1.29, 1.82) is 0 Å². The van der Waals surface area contributed by atoms with Crippen molar-refractivity contribution in [3.05, 3.63) is 53.9 Å². The lowest BCUT2D eigenvalue weighted by atomic mass is 10.1. The van der Waals surface area contributed by atoms with Crippen LogP contribution in [-0.4, -0.2) is 47.0 Å². The van der Waals surface area contributed by atoms with E-state index in [9.17, 15) is 18.0 Å². The van der Waals surface area contributed by atoms with Crippen molar-refractivity contribution in [3.8, 4) is 0 Å². The molecule has 0 spiro atoms. The molecule has 1 aromatic heterocycles. The number of halogens is 3. The third-order valence-electron chi connectivity index (χ3n) is 4.10. The number of anilines is 1. The first-order valence-electron chi connectivity index (χ1n) is 7.89. The molecule has 1 aliphatic rings. The zero-order valence-electron chi connectivity index (χ0n) is 13.4. The third-order valence-corrected chi connectivity index (χ3v) is 4.10. The van der Waals surface area contributed by atoms with Gasteiger partial charge in [-0.1, -0.05) is 12.1 Å². The molecule has 0 unspecified atom stereocenters. The Kier molecular flexibility index (Phi) is 4.87. The summed E-state index contributed by atoms with van der Waals surface area (Å²) >= 11 is 0. The van der Waals surface area contributed by atoms with Crippen LogP contribution in [0.3, 0.4) is 0 Å². The smallest absolute Gasteiger partial charge is 0.339 e. The molecule has 0 saturated carbocycles. The van der Waals surface area contributed by atoms with Crippen LogP contribution in [0.2, 0.25) is 0 Å². The van der Waals surface area contributed by atoms with E-state index in [0.29, 0.717) is 37.7 Å². The molecule has 1 aromatic carbocycles. The highest BCUT2D eigenvalue weighted by molar-refractivity contribution is 5.79. The van der Waals surface area contributed by atoms with E-state index in [1.807, 2.05) is 4.90 Å².